The van der Waals surface area contributed by atoms with Gasteiger partial charge in [0.25, 0.3) is 0 Å². The summed E-state index contributed by atoms with van der Waals surface area (Å²) in [5, 5.41) is 0.954. The van der Waals surface area contributed by atoms with E-state index >= 15 is 0 Å². The SMILES string of the molecule is O=P(O)(O)C(F)(F)c1ccc(Cn2c3c(c4cccc(OCc5ccc(F)cc5)c42)COCC3)cc1Br. The van der Waals surface area contributed by atoms with Crippen molar-refractivity contribution < 1.29 is 37.0 Å². The van der Waals surface area contributed by atoms with Crippen LogP contribution in [-0.2, 0) is 41.1 Å². The molecule has 194 valence electrons. The quantitative estimate of drug-likeness (QED) is 0.239. The third-order valence-electron chi connectivity index (χ3n) is 6.37. The summed E-state index contributed by atoms with van der Waals surface area (Å²) in [6.07, 6.45) is 0.650. The van der Waals surface area contributed by atoms with Crippen molar-refractivity contribution in [3.8, 4) is 5.75 Å². The van der Waals surface area contributed by atoms with Gasteiger partial charge >= 0.3 is 13.3 Å². The number of benzene rings is 3. The van der Waals surface area contributed by atoms with Crippen LogP contribution in [0.2, 0.25) is 0 Å². The Morgan fingerprint density at radius 1 is 1.08 bits per heavy atom. The van der Waals surface area contributed by atoms with Gasteiger partial charge in [-0.3, -0.25) is 4.57 Å². The summed E-state index contributed by atoms with van der Waals surface area (Å²) in [5.41, 5.74) is -0.757. The molecule has 0 aliphatic carbocycles. The molecule has 0 amide bonds. The van der Waals surface area contributed by atoms with E-state index < -0.39 is 18.8 Å². The molecule has 0 radical (unpaired) electrons. The first-order valence-electron chi connectivity index (χ1n) is 11.4. The molecular formula is C26H22BrF3NO5P. The zero-order chi connectivity index (χ0) is 26.4. The number of halogens is 4. The molecule has 1 aliphatic rings. The van der Waals surface area contributed by atoms with Gasteiger partial charge in [-0.25, -0.2) is 4.39 Å². The zero-order valence-corrected chi connectivity index (χ0v) is 21.8. The molecule has 0 fully saturated rings. The standard InChI is InChI=1S/C26H22BrF3NO5P/c27-22-12-17(6-9-21(22)26(29,30)37(32,33)34)13-31-23-10-11-35-15-20(23)19-2-1-3-24(25(19)31)36-14-16-4-7-18(28)8-5-16/h1-9,12H,10-11,13-15H2,(H2,32,33,34). The van der Waals surface area contributed by atoms with Crippen LogP contribution >= 0.6 is 23.5 Å². The average Bonchev–Trinajstić information content (AvgIpc) is 3.17. The molecule has 5 rings (SSSR count). The normalized spacial score (nSPS) is 14.1. The lowest BCUT2D eigenvalue weighted by Crippen LogP contribution is -2.16. The summed E-state index contributed by atoms with van der Waals surface area (Å²) in [4.78, 5) is 18.2. The number of aromatic nitrogens is 1. The molecule has 2 heterocycles. The van der Waals surface area contributed by atoms with Crippen LogP contribution in [-0.4, -0.2) is 21.0 Å². The highest BCUT2D eigenvalue weighted by molar-refractivity contribution is 9.10. The Labute approximate surface area is 218 Å². The van der Waals surface area contributed by atoms with Gasteiger partial charge in [-0.2, -0.15) is 8.78 Å². The second-order valence-corrected chi connectivity index (χ2v) is 11.3. The van der Waals surface area contributed by atoms with Crippen LogP contribution in [0.25, 0.3) is 10.9 Å². The van der Waals surface area contributed by atoms with Gasteiger partial charge in [-0.15, -0.1) is 0 Å². The monoisotopic (exact) mass is 595 g/mol. The van der Waals surface area contributed by atoms with Crippen LogP contribution < -0.4 is 4.74 Å². The van der Waals surface area contributed by atoms with Crippen LogP contribution in [0.5, 0.6) is 5.75 Å². The maximum absolute atomic E-state index is 14.3. The van der Waals surface area contributed by atoms with Crippen molar-refractivity contribution in [2.24, 2.45) is 0 Å². The van der Waals surface area contributed by atoms with E-state index in [1.54, 1.807) is 12.1 Å². The summed E-state index contributed by atoms with van der Waals surface area (Å²) >= 11 is 3.07. The van der Waals surface area contributed by atoms with Gasteiger partial charge in [-0.1, -0.05) is 52.3 Å². The highest BCUT2D eigenvalue weighted by atomic mass is 79.9. The number of alkyl halides is 2. The van der Waals surface area contributed by atoms with Crippen molar-refractivity contribution in [3.05, 3.63) is 98.9 Å². The van der Waals surface area contributed by atoms with Gasteiger partial charge in [0.2, 0.25) is 0 Å². The first-order chi connectivity index (χ1) is 17.6. The van der Waals surface area contributed by atoms with E-state index in [1.807, 2.05) is 18.2 Å². The van der Waals surface area contributed by atoms with Crippen molar-refractivity contribution in [1.82, 2.24) is 4.57 Å². The fourth-order valence-corrected chi connectivity index (χ4v) is 5.90. The van der Waals surface area contributed by atoms with Gasteiger partial charge in [0, 0.05) is 39.6 Å². The maximum atomic E-state index is 14.3. The number of nitrogens with zero attached hydrogens (tertiary/aromatic N) is 1. The van der Waals surface area contributed by atoms with Crippen LogP contribution in [0.1, 0.15) is 27.9 Å². The van der Waals surface area contributed by atoms with Crippen LogP contribution in [0, 0.1) is 5.82 Å². The first-order valence-corrected chi connectivity index (χ1v) is 13.8. The molecular weight excluding hydrogens is 574 g/mol. The van der Waals surface area contributed by atoms with Crippen molar-refractivity contribution in [3.63, 3.8) is 0 Å². The van der Waals surface area contributed by atoms with Gasteiger partial charge < -0.3 is 23.8 Å². The Hall–Kier alpha value is -2.62. The second-order valence-electron chi connectivity index (χ2n) is 8.78. The summed E-state index contributed by atoms with van der Waals surface area (Å²) < 4.78 is 67.1. The predicted octanol–water partition coefficient (Wildman–Crippen LogP) is 6.47. The van der Waals surface area contributed by atoms with E-state index in [1.165, 1.54) is 24.3 Å². The third kappa shape index (κ3) is 4.96. The number of fused-ring (bicyclic) bond motifs is 3. The summed E-state index contributed by atoms with van der Waals surface area (Å²) in [7, 11) is -5.70. The zero-order valence-electron chi connectivity index (χ0n) is 19.3. The molecule has 0 saturated carbocycles. The highest BCUT2D eigenvalue weighted by Gasteiger charge is 2.51. The molecule has 0 saturated heterocycles. The van der Waals surface area contributed by atoms with E-state index in [4.69, 9.17) is 19.3 Å². The Balaban J connectivity index is 1.54. The minimum Gasteiger partial charge on any atom is -0.487 e. The van der Waals surface area contributed by atoms with E-state index in [0.29, 0.717) is 37.5 Å². The van der Waals surface area contributed by atoms with Crippen molar-refractivity contribution in [1.29, 1.82) is 0 Å². The van der Waals surface area contributed by atoms with Crippen LogP contribution in [0.15, 0.2) is 65.1 Å². The van der Waals surface area contributed by atoms with E-state index in [-0.39, 0.29) is 16.9 Å². The van der Waals surface area contributed by atoms with E-state index in [2.05, 4.69) is 20.5 Å². The lowest BCUT2D eigenvalue weighted by molar-refractivity contribution is 0.0557. The van der Waals surface area contributed by atoms with Gasteiger partial charge in [-0.05, 0) is 35.4 Å². The largest absolute Gasteiger partial charge is 0.487 e. The molecule has 37 heavy (non-hydrogen) atoms. The number of para-hydroxylation sites is 1. The molecule has 1 aliphatic heterocycles. The van der Waals surface area contributed by atoms with Crippen LogP contribution in [0.3, 0.4) is 0 Å². The molecule has 4 aromatic rings. The Kier molecular flexibility index (Phi) is 6.98. The minimum absolute atomic E-state index is 0.0974. The lowest BCUT2D eigenvalue weighted by Gasteiger charge is -2.20. The molecule has 0 atom stereocenters. The van der Waals surface area contributed by atoms with Crippen molar-refractivity contribution >= 4 is 34.4 Å². The van der Waals surface area contributed by atoms with Gasteiger partial charge in [0.1, 0.15) is 18.2 Å². The molecule has 3 aromatic carbocycles. The van der Waals surface area contributed by atoms with E-state index in [9.17, 15) is 17.7 Å². The predicted molar refractivity (Wildman–Crippen MR) is 135 cm³/mol. The molecule has 0 bridgehead atoms. The minimum atomic E-state index is -5.70. The molecule has 0 spiro atoms. The third-order valence-corrected chi connectivity index (χ3v) is 8.00. The Morgan fingerprint density at radius 2 is 1.81 bits per heavy atom. The molecule has 2 N–H and O–H groups in total. The number of hydrogen-bond acceptors (Lipinski definition) is 3. The smallest absolute Gasteiger partial charge is 0.399 e. The Morgan fingerprint density at radius 3 is 2.51 bits per heavy atom. The second kappa shape index (κ2) is 9.93. The number of hydrogen-bond donors (Lipinski definition) is 2. The number of rotatable bonds is 7. The number of ether oxygens (including phenoxy) is 2. The fourth-order valence-electron chi connectivity index (χ4n) is 4.56. The van der Waals surface area contributed by atoms with Gasteiger partial charge in [0.15, 0.2) is 0 Å². The molecule has 0 unspecified atom stereocenters. The average molecular weight is 596 g/mol. The summed E-state index contributed by atoms with van der Waals surface area (Å²) in [6, 6.07) is 15.7. The highest BCUT2D eigenvalue weighted by Crippen LogP contribution is 2.60. The Bertz CT molecular complexity index is 1520. The van der Waals surface area contributed by atoms with Gasteiger partial charge in [0.05, 0.1) is 18.7 Å². The summed E-state index contributed by atoms with van der Waals surface area (Å²) in [6.45, 7) is 1.50. The topological polar surface area (TPSA) is 80.9 Å². The fraction of sp³-hybridized carbons (Fsp3) is 0.231. The summed E-state index contributed by atoms with van der Waals surface area (Å²) in [5.74, 6) is 0.281. The molecule has 6 nitrogen and oxygen atoms in total. The van der Waals surface area contributed by atoms with E-state index in [0.717, 1.165) is 33.8 Å². The maximum Gasteiger partial charge on any atom is 0.399 e. The lowest BCUT2D eigenvalue weighted by atomic mass is 10.1. The molecule has 11 heteroatoms. The first kappa shape index (κ1) is 26.0. The molecule has 1 aromatic heterocycles. The van der Waals surface area contributed by atoms with Crippen molar-refractivity contribution in [2.75, 3.05) is 6.61 Å². The van der Waals surface area contributed by atoms with Crippen LogP contribution in [0.4, 0.5) is 13.2 Å². The van der Waals surface area contributed by atoms with Crippen molar-refractivity contribution in [2.45, 2.75) is 31.8 Å².